The lowest BCUT2D eigenvalue weighted by molar-refractivity contribution is -0.120. The smallest absolute Gasteiger partial charge is 0.162 e. The Labute approximate surface area is 101 Å². The summed E-state index contributed by atoms with van der Waals surface area (Å²) in [6, 6.07) is 9.95. The molecule has 1 aliphatic heterocycles. The van der Waals surface area contributed by atoms with Gasteiger partial charge in [-0.05, 0) is 12.5 Å². The molecule has 0 fully saturated rings. The summed E-state index contributed by atoms with van der Waals surface area (Å²) in [6.45, 7) is 2.80. The maximum atomic E-state index is 11.3. The van der Waals surface area contributed by atoms with Crippen molar-refractivity contribution in [2.75, 3.05) is 6.61 Å². The minimum absolute atomic E-state index is 0.113. The highest BCUT2D eigenvalue weighted by atomic mass is 16.5. The highest BCUT2D eigenvalue weighted by Gasteiger charge is 2.19. The lowest BCUT2D eigenvalue weighted by atomic mass is 10.1. The van der Waals surface area contributed by atoms with Gasteiger partial charge in [-0.2, -0.15) is 0 Å². The second kappa shape index (κ2) is 5.64. The molecule has 0 N–H and O–H groups in total. The van der Waals surface area contributed by atoms with Gasteiger partial charge >= 0.3 is 0 Å². The monoisotopic (exact) mass is 232 g/mol. The van der Waals surface area contributed by atoms with E-state index in [4.69, 9.17) is 9.47 Å². The number of hydrogen-bond acceptors (Lipinski definition) is 3. The molecule has 0 aromatic heterocycles. The molecule has 0 saturated heterocycles. The van der Waals surface area contributed by atoms with Gasteiger partial charge in [-0.15, -0.1) is 0 Å². The molecule has 17 heavy (non-hydrogen) atoms. The number of ether oxygens (including phenoxy) is 2. The number of allylic oxidation sites excluding steroid dienone is 2. The fourth-order valence-electron chi connectivity index (χ4n) is 1.82. The Balaban J connectivity index is 1.76. The van der Waals surface area contributed by atoms with Crippen LogP contribution in [0.5, 0.6) is 0 Å². The molecule has 0 aliphatic carbocycles. The van der Waals surface area contributed by atoms with E-state index in [0.29, 0.717) is 25.4 Å². The van der Waals surface area contributed by atoms with Gasteiger partial charge in [0.15, 0.2) is 5.78 Å². The Kier molecular flexibility index (Phi) is 3.94. The average Bonchev–Trinajstić information content (AvgIpc) is 2.29. The first-order valence-corrected chi connectivity index (χ1v) is 5.73. The summed E-state index contributed by atoms with van der Waals surface area (Å²) in [7, 11) is 0. The average molecular weight is 232 g/mol. The predicted molar refractivity (Wildman–Crippen MR) is 64.4 cm³/mol. The molecular weight excluding hydrogens is 216 g/mol. The molecule has 1 aromatic carbocycles. The molecule has 3 nitrogen and oxygen atoms in total. The topological polar surface area (TPSA) is 35.5 Å². The van der Waals surface area contributed by atoms with E-state index in [1.807, 2.05) is 30.3 Å². The largest absolute Gasteiger partial charge is 0.492 e. The van der Waals surface area contributed by atoms with Crippen LogP contribution in [0.4, 0.5) is 0 Å². The van der Waals surface area contributed by atoms with Gasteiger partial charge < -0.3 is 9.47 Å². The van der Waals surface area contributed by atoms with E-state index in [-0.39, 0.29) is 11.9 Å². The highest BCUT2D eigenvalue weighted by Crippen LogP contribution is 2.14. The van der Waals surface area contributed by atoms with Crippen LogP contribution in [-0.2, 0) is 20.9 Å². The molecule has 0 bridgehead atoms. The van der Waals surface area contributed by atoms with Crippen LogP contribution < -0.4 is 0 Å². The molecule has 0 saturated carbocycles. The van der Waals surface area contributed by atoms with E-state index in [0.717, 1.165) is 5.56 Å². The third-order valence-electron chi connectivity index (χ3n) is 2.56. The Morgan fingerprint density at radius 3 is 2.82 bits per heavy atom. The van der Waals surface area contributed by atoms with Gasteiger partial charge in [-0.25, -0.2) is 0 Å². The van der Waals surface area contributed by atoms with Crippen molar-refractivity contribution < 1.29 is 14.3 Å². The van der Waals surface area contributed by atoms with Crippen molar-refractivity contribution in [1.82, 2.24) is 0 Å². The molecule has 1 unspecified atom stereocenters. The fourth-order valence-corrected chi connectivity index (χ4v) is 1.82. The van der Waals surface area contributed by atoms with Gasteiger partial charge in [-0.1, -0.05) is 30.3 Å². The van der Waals surface area contributed by atoms with E-state index in [1.165, 1.54) is 6.08 Å². The SMILES string of the molecule is CC1=CC(=O)CC(COCc2ccccc2)O1. The Morgan fingerprint density at radius 2 is 2.12 bits per heavy atom. The first-order chi connectivity index (χ1) is 8.24. The summed E-state index contributed by atoms with van der Waals surface area (Å²) in [6.07, 6.45) is 1.80. The van der Waals surface area contributed by atoms with Gasteiger partial charge in [0.2, 0.25) is 0 Å². The highest BCUT2D eigenvalue weighted by molar-refractivity contribution is 5.91. The van der Waals surface area contributed by atoms with Crippen LogP contribution in [0, 0.1) is 0 Å². The summed E-state index contributed by atoms with van der Waals surface area (Å²) in [5, 5.41) is 0. The van der Waals surface area contributed by atoms with Crippen LogP contribution in [0.2, 0.25) is 0 Å². The second-order valence-electron chi connectivity index (χ2n) is 4.17. The molecule has 3 heteroatoms. The second-order valence-corrected chi connectivity index (χ2v) is 4.17. The molecule has 0 amide bonds. The van der Waals surface area contributed by atoms with E-state index in [9.17, 15) is 4.79 Å². The van der Waals surface area contributed by atoms with Gasteiger partial charge in [-0.3, -0.25) is 4.79 Å². The molecular formula is C14H16O3. The van der Waals surface area contributed by atoms with E-state index >= 15 is 0 Å². The molecule has 90 valence electrons. The maximum absolute atomic E-state index is 11.3. The normalized spacial score (nSPS) is 19.7. The number of hydrogen-bond donors (Lipinski definition) is 0. The molecule has 0 spiro atoms. The van der Waals surface area contributed by atoms with Crippen molar-refractivity contribution in [1.29, 1.82) is 0 Å². The van der Waals surface area contributed by atoms with Gasteiger partial charge in [0, 0.05) is 12.5 Å². The van der Waals surface area contributed by atoms with Crippen LogP contribution in [0.25, 0.3) is 0 Å². The fraction of sp³-hybridized carbons (Fsp3) is 0.357. The van der Waals surface area contributed by atoms with Crippen molar-refractivity contribution in [3.8, 4) is 0 Å². The van der Waals surface area contributed by atoms with Crippen LogP contribution in [0.15, 0.2) is 42.2 Å². The molecule has 1 aromatic rings. The van der Waals surface area contributed by atoms with Gasteiger partial charge in [0.05, 0.1) is 19.0 Å². The van der Waals surface area contributed by atoms with Crippen LogP contribution in [0.3, 0.4) is 0 Å². The summed E-state index contributed by atoms with van der Waals surface area (Å²) in [5.74, 6) is 0.789. The van der Waals surface area contributed by atoms with Gasteiger partial charge in [0.25, 0.3) is 0 Å². The molecule has 1 heterocycles. The maximum Gasteiger partial charge on any atom is 0.162 e. The van der Waals surface area contributed by atoms with Crippen molar-refractivity contribution in [2.24, 2.45) is 0 Å². The third-order valence-corrected chi connectivity index (χ3v) is 2.56. The zero-order valence-corrected chi connectivity index (χ0v) is 9.89. The number of benzene rings is 1. The van der Waals surface area contributed by atoms with Crippen molar-refractivity contribution in [2.45, 2.75) is 26.1 Å². The van der Waals surface area contributed by atoms with Crippen LogP contribution in [0.1, 0.15) is 18.9 Å². The third kappa shape index (κ3) is 3.71. The minimum atomic E-state index is -0.142. The summed E-state index contributed by atoms with van der Waals surface area (Å²) in [5.41, 5.74) is 1.13. The Hall–Kier alpha value is -1.61. The summed E-state index contributed by atoms with van der Waals surface area (Å²) < 4.78 is 11.1. The van der Waals surface area contributed by atoms with Crippen LogP contribution in [-0.4, -0.2) is 18.5 Å². The lowest BCUT2D eigenvalue weighted by Crippen LogP contribution is -2.26. The Bertz CT molecular complexity index is 409. The van der Waals surface area contributed by atoms with Crippen LogP contribution >= 0.6 is 0 Å². The standard InChI is InChI=1S/C14H16O3/c1-11-7-13(15)8-14(17-11)10-16-9-12-5-3-2-4-6-12/h2-7,14H,8-10H2,1H3. The van der Waals surface area contributed by atoms with E-state index < -0.39 is 0 Å². The molecule has 1 atom stereocenters. The lowest BCUT2D eigenvalue weighted by Gasteiger charge is -2.22. The first-order valence-electron chi connectivity index (χ1n) is 5.73. The quantitative estimate of drug-likeness (QED) is 0.800. The predicted octanol–water partition coefficient (Wildman–Crippen LogP) is 2.47. The minimum Gasteiger partial charge on any atom is -0.492 e. The van der Waals surface area contributed by atoms with Gasteiger partial charge in [0.1, 0.15) is 6.10 Å². The number of carbonyl (C=O) groups excluding carboxylic acids is 1. The molecule has 0 radical (unpaired) electrons. The zero-order valence-electron chi connectivity index (χ0n) is 9.89. The van der Waals surface area contributed by atoms with Crippen molar-refractivity contribution >= 4 is 5.78 Å². The van der Waals surface area contributed by atoms with E-state index in [1.54, 1.807) is 6.92 Å². The van der Waals surface area contributed by atoms with E-state index in [2.05, 4.69) is 0 Å². The Morgan fingerprint density at radius 1 is 1.35 bits per heavy atom. The van der Waals surface area contributed by atoms with Crippen molar-refractivity contribution in [3.63, 3.8) is 0 Å². The summed E-state index contributed by atoms with van der Waals surface area (Å²) in [4.78, 5) is 11.3. The zero-order chi connectivity index (χ0) is 12.1. The number of ketones is 1. The number of rotatable bonds is 4. The van der Waals surface area contributed by atoms with Crippen molar-refractivity contribution in [3.05, 3.63) is 47.7 Å². The molecule has 2 rings (SSSR count). The first kappa shape index (κ1) is 11.9. The number of carbonyl (C=O) groups is 1. The summed E-state index contributed by atoms with van der Waals surface area (Å²) >= 11 is 0. The molecule has 1 aliphatic rings.